The molecule has 2 unspecified atom stereocenters. The maximum Gasteiger partial charge on any atom is 0.227 e. The Labute approximate surface area is 112 Å². The van der Waals surface area contributed by atoms with Crippen LogP contribution in [0.4, 0.5) is 4.39 Å². The molecule has 104 valence electrons. The number of nitrogens with one attached hydrogen (secondary N) is 2. The minimum Gasteiger partial charge on any atom is -0.379 e. The molecule has 4 nitrogen and oxygen atoms in total. The van der Waals surface area contributed by atoms with Gasteiger partial charge in [-0.25, -0.2) is 4.39 Å². The van der Waals surface area contributed by atoms with E-state index in [1.54, 1.807) is 32.2 Å². The van der Waals surface area contributed by atoms with Crippen molar-refractivity contribution in [2.24, 2.45) is 5.92 Å². The zero-order valence-corrected chi connectivity index (χ0v) is 11.2. The lowest BCUT2D eigenvalue weighted by atomic mass is 10.0. The van der Waals surface area contributed by atoms with Crippen molar-refractivity contribution in [2.45, 2.75) is 19.0 Å². The van der Waals surface area contributed by atoms with Crippen LogP contribution in [0.1, 0.15) is 18.5 Å². The minimum absolute atomic E-state index is 0.0211. The third-order valence-electron chi connectivity index (χ3n) is 3.52. The number of likely N-dealkylation sites (N-methyl/N-ethyl adjacent to an activating group) is 1. The van der Waals surface area contributed by atoms with Crippen LogP contribution in [-0.4, -0.2) is 32.2 Å². The van der Waals surface area contributed by atoms with Gasteiger partial charge in [0.1, 0.15) is 5.82 Å². The predicted octanol–water partition coefficient (Wildman–Crippen LogP) is 1.24. The zero-order chi connectivity index (χ0) is 13.8. The Morgan fingerprint density at radius 1 is 1.42 bits per heavy atom. The summed E-state index contributed by atoms with van der Waals surface area (Å²) in [5.41, 5.74) is 0.496. The first kappa shape index (κ1) is 14.0. The fourth-order valence-corrected chi connectivity index (χ4v) is 2.32. The summed E-state index contributed by atoms with van der Waals surface area (Å²) in [4.78, 5) is 12.2. The molecule has 1 amide bonds. The summed E-state index contributed by atoms with van der Waals surface area (Å²) in [6, 6.07) is 6.14. The first-order valence-corrected chi connectivity index (χ1v) is 6.43. The van der Waals surface area contributed by atoms with Crippen LogP contribution < -0.4 is 10.6 Å². The quantitative estimate of drug-likeness (QED) is 0.862. The highest BCUT2D eigenvalue weighted by molar-refractivity contribution is 5.80. The van der Waals surface area contributed by atoms with E-state index >= 15 is 0 Å². The monoisotopic (exact) mass is 266 g/mol. The Morgan fingerprint density at radius 2 is 2.16 bits per heavy atom. The summed E-state index contributed by atoms with van der Waals surface area (Å²) >= 11 is 0. The molecule has 1 saturated heterocycles. The molecule has 2 rings (SSSR count). The second-order valence-electron chi connectivity index (χ2n) is 4.79. The number of carbonyl (C=O) groups is 1. The Morgan fingerprint density at radius 3 is 2.84 bits per heavy atom. The molecule has 1 heterocycles. The van der Waals surface area contributed by atoms with Gasteiger partial charge in [-0.1, -0.05) is 18.2 Å². The SMILES string of the molecule is CNC1COCC1C(=O)N[C@H](C)c1ccccc1F. The lowest BCUT2D eigenvalue weighted by Gasteiger charge is -2.20. The average Bonchev–Trinajstić information content (AvgIpc) is 2.87. The maximum absolute atomic E-state index is 13.6. The molecule has 1 aliphatic heterocycles. The number of rotatable bonds is 4. The fourth-order valence-electron chi connectivity index (χ4n) is 2.32. The van der Waals surface area contributed by atoms with Gasteiger partial charge < -0.3 is 15.4 Å². The topological polar surface area (TPSA) is 50.4 Å². The molecule has 5 heteroatoms. The number of amides is 1. The second kappa shape index (κ2) is 6.12. The molecule has 0 spiro atoms. The van der Waals surface area contributed by atoms with Gasteiger partial charge in [0, 0.05) is 11.6 Å². The van der Waals surface area contributed by atoms with E-state index in [-0.39, 0.29) is 29.7 Å². The van der Waals surface area contributed by atoms with Gasteiger partial charge >= 0.3 is 0 Å². The number of ether oxygens (including phenoxy) is 1. The van der Waals surface area contributed by atoms with Crippen molar-refractivity contribution in [2.75, 3.05) is 20.3 Å². The van der Waals surface area contributed by atoms with E-state index in [1.807, 2.05) is 0 Å². The Balaban J connectivity index is 2.01. The van der Waals surface area contributed by atoms with Gasteiger partial charge in [0.15, 0.2) is 0 Å². The molecule has 1 fully saturated rings. The molecule has 1 aromatic rings. The first-order chi connectivity index (χ1) is 9.13. The molecule has 0 radical (unpaired) electrons. The van der Waals surface area contributed by atoms with Crippen molar-refractivity contribution >= 4 is 5.91 Å². The Hall–Kier alpha value is -1.46. The van der Waals surface area contributed by atoms with Gasteiger partial charge in [0.05, 0.1) is 25.2 Å². The van der Waals surface area contributed by atoms with E-state index in [1.165, 1.54) is 6.07 Å². The molecular formula is C14H19FN2O2. The number of halogens is 1. The highest BCUT2D eigenvalue weighted by atomic mass is 19.1. The van der Waals surface area contributed by atoms with E-state index in [0.717, 1.165) is 0 Å². The molecule has 0 aromatic heterocycles. The van der Waals surface area contributed by atoms with Crippen LogP contribution in [0.25, 0.3) is 0 Å². The molecule has 1 aromatic carbocycles. The van der Waals surface area contributed by atoms with Crippen molar-refractivity contribution in [3.8, 4) is 0 Å². The lowest BCUT2D eigenvalue weighted by Crippen LogP contribution is -2.43. The van der Waals surface area contributed by atoms with Gasteiger partial charge in [-0.3, -0.25) is 4.79 Å². The summed E-state index contributed by atoms with van der Waals surface area (Å²) in [6.45, 7) is 2.71. The molecule has 2 N–H and O–H groups in total. The predicted molar refractivity (Wildman–Crippen MR) is 70.1 cm³/mol. The summed E-state index contributed by atoms with van der Waals surface area (Å²) in [7, 11) is 1.81. The molecule has 19 heavy (non-hydrogen) atoms. The van der Waals surface area contributed by atoms with Crippen molar-refractivity contribution in [3.05, 3.63) is 35.6 Å². The zero-order valence-electron chi connectivity index (χ0n) is 11.2. The van der Waals surface area contributed by atoms with Crippen molar-refractivity contribution < 1.29 is 13.9 Å². The average molecular weight is 266 g/mol. The van der Waals surface area contributed by atoms with E-state index in [0.29, 0.717) is 18.8 Å². The highest BCUT2D eigenvalue weighted by Crippen LogP contribution is 2.19. The van der Waals surface area contributed by atoms with E-state index < -0.39 is 0 Å². The van der Waals surface area contributed by atoms with Crippen LogP contribution in [0.2, 0.25) is 0 Å². The second-order valence-corrected chi connectivity index (χ2v) is 4.79. The van der Waals surface area contributed by atoms with Crippen molar-refractivity contribution in [3.63, 3.8) is 0 Å². The van der Waals surface area contributed by atoms with E-state index in [9.17, 15) is 9.18 Å². The van der Waals surface area contributed by atoms with Gasteiger partial charge in [0.2, 0.25) is 5.91 Å². The summed E-state index contributed by atoms with van der Waals surface area (Å²) < 4.78 is 18.9. The number of carbonyl (C=O) groups excluding carboxylic acids is 1. The minimum atomic E-state index is -0.355. The first-order valence-electron chi connectivity index (χ1n) is 6.43. The number of hydrogen-bond acceptors (Lipinski definition) is 3. The molecule has 0 saturated carbocycles. The van der Waals surface area contributed by atoms with Crippen LogP contribution in [0, 0.1) is 11.7 Å². The Bertz CT molecular complexity index is 453. The third-order valence-corrected chi connectivity index (χ3v) is 3.52. The molecule has 0 bridgehead atoms. The van der Waals surface area contributed by atoms with Crippen LogP contribution in [0.5, 0.6) is 0 Å². The van der Waals surface area contributed by atoms with Crippen molar-refractivity contribution in [1.29, 1.82) is 0 Å². The Kier molecular flexibility index (Phi) is 4.50. The van der Waals surface area contributed by atoms with Gasteiger partial charge in [-0.15, -0.1) is 0 Å². The largest absolute Gasteiger partial charge is 0.379 e. The molecule has 0 aliphatic carbocycles. The lowest BCUT2D eigenvalue weighted by molar-refractivity contribution is -0.126. The smallest absolute Gasteiger partial charge is 0.227 e. The van der Waals surface area contributed by atoms with Crippen LogP contribution in [-0.2, 0) is 9.53 Å². The third kappa shape index (κ3) is 3.11. The van der Waals surface area contributed by atoms with Crippen molar-refractivity contribution in [1.82, 2.24) is 10.6 Å². The van der Waals surface area contributed by atoms with Gasteiger partial charge in [0.25, 0.3) is 0 Å². The maximum atomic E-state index is 13.6. The summed E-state index contributed by atoms with van der Waals surface area (Å²) in [5, 5.41) is 5.90. The molecule has 1 aliphatic rings. The standard InChI is InChI=1S/C14H19FN2O2/c1-9(10-5-3-4-6-12(10)15)17-14(18)11-7-19-8-13(11)16-2/h3-6,9,11,13,16H,7-8H2,1-2H3,(H,17,18)/t9-,11?,13?/m1/s1. The summed E-state index contributed by atoms with van der Waals surface area (Å²) in [5.74, 6) is -0.630. The number of hydrogen-bond donors (Lipinski definition) is 2. The summed E-state index contributed by atoms with van der Waals surface area (Å²) in [6.07, 6.45) is 0. The van der Waals surface area contributed by atoms with E-state index in [4.69, 9.17) is 4.74 Å². The molecule has 3 atom stereocenters. The van der Waals surface area contributed by atoms with Crippen LogP contribution in [0.3, 0.4) is 0 Å². The molecular weight excluding hydrogens is 247 g/mol. The van der Waals surface area contributed by atoms with E-state index in [2.05, 4.69) is 10.6 Å². The normalized spacial score (nSPS) is 24.2. The fraction of sp³-hybridized carbons (Fsp3) is 0.500. The highest BCUT2D eigenvalue weighted by Gasteiger charge is 2.33. The van der Waals surface area contributed by atoms with Crippen LogP contribution in [0.15, 0.2) is 24.3 Å². The van der Waals surface area contributed by atoms with Gasteiger partial charge in [-0.05, 0) is 20.0 Å². The number of benzene rings is 1. The van der Waals surface area contributed by atoms with Crippen LogP contribution >= 0.6 is 0 Å². The van der Waals surface area contributed by atoms with Gasteiger partial charge in [-0.2, -0.15) is 0 Å².